The van der Waals surface area contributed by atoms with Crippen molar-refractivity contribution in [1.29, 1.82) is 0 Å². The minimum Gasteiger partial charge on any atom is -0.399 e. The lowest BCUT2D eigenvalue weighted by Gasteiger charge is -2.02. The number of hydrogen-bond acceptors (Lipinski definition) is 3. The molecule has 0 aliphatic heterocycles. The molecule has 3 nitrogen and oxygen atoms in total. The van der Waals surface area contributed by atoms with Gasteiger partial charge in [0.2, 0.25) is 0 Å². The summed E-state index contributed by atoms with van der Waals surface area (Å²) in [5, 5.41) is 2.71. The predicted molar refractivity (Wildman–Crippen MR) is 65.7 cm³/mol. The highest BCUT2D eigenvalue weighted by Crippen LogP contribution is 2.22. The molecule has 0 heterocycles. The summed E-state index contributed by atoms with van der Waals surface area (Å²) < 4.78 is 23.1. The quantitative estimate of drug-likeness (QED) is 0.810. The molecular formula is C12H11NO2S. The number of rotatable bonds is 2. The molecule has 0 amide bonds. The lowest BCUT2D eigenvalue weighted by molar-refractivity contribution is 0.605. The summed E-state index contributed by atoms with van der Waals surface area (Å²) in [7, 11) is -3.37. The fourth-order valence-corrected chi connectivity index (χ4v) is 2.26. The van der Waals surface area contributed by atoms with Gasteiger partial charge < -0.3 is 5.73 Å². The first-order valence-electron chi connectivity index (χ1n) is 4.70. The van der Waals surface area contributed by atoms with E-state index in [0.29, 0.717) is 5.69 Å². The molecule has 0 unspecified atom stereocenters. The average molecular weight is 233 g/mol. The molecule has 0 saturated heterocycles. The summed E-state index contributed by atoms with van der Waals surface area (Å²) >= 11 is 0. The molecule has 0 fully saturated rings. The van der Waals surface area contributed by atoms with Crippen LogP contribution in [0.5, 0.6) is 0 Å². The van der Waals surface area contributed by atoms with Gasteiger partial charge >= 0.3 is 0 Å². The number of hydrogen-bond donors (Lipinski definition) is 1. The molecule has 0 aromatic heterocycles. The van der Waals surface area contributed by atoms with Gasteiger partial charge in [-0.2, -0.15) is 0 Å². The van der Waals surface area contributed by atoms with Crippen LogP contribution in [0.25, 0.3) is 10.8 Å². The second-order valence-corrected chi connectivity index (χ2v) is 5.37. The maximum atomic E-state index is 11.6. The largest absolute Gasteiger partial charge is 0.399 e. The van der Waals surface area contributed by atoms with E-state index in [1.165, 1.54) is 0 Å². The molecule has 0 bridgehead atoms. The summed E-state index contributed by atoms with van der Waals surface area (Å²) in [6, 6.07) is 10.3. The Kier molecular flexibility index (Phi) is 2.44. The first kappa shape index (κ1) is 10.7. The van der Waals surface area contributed by atoms with E-state index in [1.807, 2.05) is 0 Å². The van der Waals surface area contributed by atoms with E-state index in [4.69, 9.17) is 5.73 Å². The van der Waals surface area contributed by atoms with Gasteiger partial charge in [-0.15, -0.1) is 0 Å². The minimum atomic E-state index is -3.37. The molecule has 0 spiro atoms. The normalized spacial score (nSPS) is 11.5. The summed E-state index contributed by atoms with van der Waals surface area (Å²) in [6.07, 6.45) is 0. The lowest BCUT2D eigenvalue weighted by atomic mass is 10.1. The standard InChI is InChI=1S/C12H11NO2S/c1-2-16(14,15)12-6-4-9-7-11(13)5-3-10(9)8-12/h2-8H,1,13H2. The van der Waals surface area contributed by atoms with E-state index in [1.54, 1.807) is 36.4 Å². The van der Waals surface area contributed by atoms with Crippen LogP contribution in [0.2, 0.25) is 0 Å². The second-order valence-electron chi connectivity index (χ2n) is 3.48. The molecule has 0 atom stereocenters. The van der Waals surface area contributed by atoms with Gasteiger partial charge in [-0.3, -0.25) is 0 Å². The molecule has 2 rings (SSSR count). The van der Waals surface area contributed by atoms with Crippen molar-refractivity contribution in [2.75, 3.05) is 5.73 Å². The molecule has 82 valence electrons. The van der Waals surface area contributed by atoms with Gasteiger partial charge in [0.15, 0.2) is 9.84 Å². The molecule has 0 aliphatic carbocycles. The van der Waals surface area contributed by atoms with Crippen molar-refractivity contribution in [2.45, 2.75) is 4.90 Å². The Bertz CT molecular complexity index is 660. The first-order valence-corrected chi connectivity index (χ1v) is 6.24. The molecule has 0 aliphatic rings. The number of anilines is 1. The maximum absolute atomic E-state index is 11.6. The fraction of sp³-hybridized carbons (Fsp3) is 0. The van der Waals surface area contributed by atoms with Crippen molar-refractivity contribution in [3.8, 4) is 0 Å². The highest BCUT2D eigenvalue weighted by atomic mass is 32.2. The average Bonchev–Trinajstić information content (AvgIpc) is 2.28. The first-order chi connectivity index (χ1) is 7.53. The Morgan fingerprint density at radius 1 is 1.06 bits per heavy atom. The van der Waals surface area contributed by atoms with Gasteiger partial charge in [-0.25, -0.2) is 8.42 Å². The Labute approximate surface area is 94.1 Å². The molecule has 0 radical (unpaired) electrons. The van der Waals surface area contributed by atoms with Gasteiger partial charge in [0.25, 0.3) is 0 Å². The van der Waals surface area contributed by atoms with Crippen molar-refractivity contribution in [3.63, 3.8) is 0 Å². The smallest absolute Gasteiger partial charge is 0.199 e. The molecule has 4 heteroatoms. The monoisotopic (exact) mass is 233 g/mol. The van der Waals surface area contributed by atoms with Gasteiger partial charge in [0.1, 0.15) is 0 Å². The molecular weight excluding hydrogens is 222 g/mol. The van der Waals surface area contributed by atoms with E-state index in [2.05, 4.69) is 6.58 Å². The molecule has 16 heavy (non-hydrogen) atoms. The molecule has 2 N–H and O–H groups in total. The highest BCUT2D eigenvalue weighted by molar-refractivity contribution is 7.94. The molecule has 2 aromatic carbocycles. The van der Waals surface area contributed by atoms with Crippen molar-refractivity contribution in [1.82, 2.24) is 0 Å². The summed E-state index contributed by atoms with van der Waals surface area (Å²) in [5.74, 6) is 0. The van der Waals surface area contributed by atoms with Gasteiger partial charge in [0, 0.05) is 11.1 Å². The van der Waals surface area contributed by atoms with E-state index in [9.17, 15) is 8.42 Å². The Morgan fingerprint density at radius 2 is 1.69 bits per heavy atom. The van der Waals surface area contributed by atoms with Crippen molar-refractivity contribution in [2.24, 2.45) is 0 Å². The summed E-state index contributed by atoms with van der Waals surface area (Å²) in [4.78, 5) is 0.250. The van der Waals surface area contributed by atoms with Crippen LogP contribution < -0.4 is 5.73 Å². The van der Waals surface area contributed by atoms with Crippen LogP contribution in [-0.2, 0) is 9.84 Å². The summed E-state index contributed by atoms with van der Waals surface area (Å²) in [5.41, 5.74) is 6.30. The maximum Gasteiger partial charge on any atom is 0.199 e. The van der Waals surface area contributed by atoms with Crippen LogP contribution in [0.15, 0.2) is 53.3 Å². The van der Waals surface area contributed by atoms with Crippen molar-refractivity contribution in [3.05, 3.63) is 48.4 Å². The van der Waals surface area contributed by atoms with E-state index in [-0.39, 0.29) is 4.90 Å². The van der Waals surface area contributed by atoms with E-state index >= 15 is 0 Å². The lowest BCUT2D eigenvalue weighted by Crippen LogP contribution is -1.95. The Balaban J connectivity index is 2.70. The SMILES string of the molecule is C=CS(=O)(=O)c1ccc2cc(N)ccc2c1. The van der Waals surface area contributed by atoms with Gasteiger partial charge in [-0.05, 0) is 35.0 Å². The zero-order chi connectivity index (χ0) is 11.8. The van der Waals surface area contributed by atoms with Crippen molar-refractivity contribution < 1.29 is 8.42 Å². The number of nitrogen functional groups attached to an aromatic ring is 1. The molecule has 2 aromatic rings. The third kappa shape index (κ3) is 1.79. The van der Waals surface area contributed by atoms with Crippen LogP contribution >= 0.6 is 0 Å². The third-order valence-electron chi connectivity index (χ3n) is 2.38. The molecule has 0 saturated carbocycles. The fourth-order valence-electron chi connectivity index (χ4n) is 1.52. The second kappa shape index (κ2) is 3.64. The van der Waals surface area contributed by atoms with Crippen LogP contribution in [0.1, 0.15) is 0 Å². The Hall–Kier alpha value is -1.81. The van der Waals surface area contributed by atoms with Crippen LogP contribution in [0.4, 0.5) is 5.69 Å². The number of nitrogens with two attached hydrogens (primary N) is 1. The van der Waals surface area contributed by atoms with E-state index < -0.39 is 9.84 Å². The number of fused-ring (bicyclic) bond motifs is 1. The minimum absolute atomic E-state index is 0.250. The van der Waals surface area contributed by atoms with Gasteiger partial charge in [-0.1, -0.05) is 18.7 Å². The van der Waals surface area contributed by atoms with Gasteiger partial charge in [0.05, 0.1) is 4.90 Å². The van der Waals surface area contributed by atoms with Crippen LogP contribution in [-0.4, -0.2) is 8.42 Å². The van der Waals surface area contributed by atoms with Crippen LogP contribution in [0.3, 0.4) is 0 Å². The third-order valence-corrected chi connectivity index (χ3v) is 3.73. The predicted octanol–water partition coefficient (Wildman–Crippen LogP) is 2.34. The number of sulfone groups is 1. The highest BCUT2D eigenvalue weighted by Gasteiger charge is 2.09. The number of benzene rings is 2. The topological polar surface area (TPSA) is 60.2 Å². The zero-order valence-electron chi connectivity index (χ0n) is 8.55. The zero-order valence-corrected chi connectivity index (χ0v) is 9.37. The Morgan fingerprint density at radius 3 is 2.38 bits per heavy atom. The van der Waals surface area contributed by atoms with Crippen molar-refractivity contribution >= 4 is 26.3 Å². The summed E-state index contributed by atoms with van der Waals surface area (Å²) in [6.45, 7) is 3.29. The van der Waals surface area contributed by atoms with E-state index in [0.717, 1.165) is 16.2 Å². The van der Waals surface area contributed by atoms with Crippen LogP contribution in [0, 0.1) is 0 Å².